The van der Waals surface area contributed by atoms with Gasteiger partial charge in [0.1, 0.15) is 11.4 Å². The van der Waals surface area contributed by atoms with Gasteiger partial charge in [0.25, 0.3) is 0 Å². The van der Waals surface area contributed by atoms with Crippen molar-refractivity contribution in [3.8, 4) is 11.8 Å². The summed E-state index contributed by atoms with van der Waals surface area (Å²) >= 11 is 0. The summed E-state index contributed by atoms with van der Waals surface area (Å²) in [5.74, 6) is 6.91. The monoisotopic (exact) mass is 483 g/mol. The van der Waals surface area contributed by atoms with Crippen LogP contribution in [0.1, 0.15) is 25.8 Å². The number of nitrogen functional groups attached to an aromatic ring is 1. The summed E-state index contributed by atoms with van der Waals surface area (Å²) in [5.41, 5.74) is 7.20. The highest BCUT2D eigenvalue weighted by molar-refractivity contribution is 5.77. The Balaban J connectivity index is 1.92. The first kappa shape index (κ1) is 25.1. The molecule has 2 atom stereocenters. The number of carbonyl (C=O) groups is 1. The predicted molar refractivity (Wildman–Crippen MR) is 120 cm³/mol. The molecule has 1 aliphatic heterocycles. The van der Waals surface area contributed by atoms with Crippen molar-refractivity contribution in [2.24, 2.45) is 5.84 Å². The van der Waals surface area contributed by atoms with E-state index in [0.717, 1.165) is 12.5 Å². The van der Waals surface area contributed by atoms with E-state index >= 15 is 0 Å². The van der Waals surface area contributed by atoms with E-state index in [4.69, 9.17) is 21.1 Å². The van der Waals surface area contributed by atoms with E-state index in [1.165, 1.54) is 11.9 Å². The standard InChI is InChI=1S/C21H28F3N7O3/c1-12(21(22,23)24)34-20-28-18(30-9-8-15(11-30)27-13(2)32)17(25)19(29-20)31(26)10-14-4-6-16(33-3)7-5-14/h4-7,12,15H,8-11,25-26H2,1-3H3,(H,27,32)/t12-,15-/m0/s1. The van der Waals surface area contributed by atoms with Crippen LogP contribution in [-0.4, -0.2) is 54.4 Å². The molecular formula is C21H28F3N7O3. The van der Waals surface area contributed by atoms with Crippen molar-refractivity contribution in [1.82, 2.24) is 15.3 Å². The maximum absolute atomic E-state index is 13.1. The molecule has 34 heavy (non-hydrogen) atoms. The van der Waals surface area contributed by atoms with Gasteiger partial charge >= 0.3 is 12.2 Å². The highest BCUT2D eigenvalue weighted by Crippen LogP contribution is 2.34. The summed E-state index contributed by atoms with van der Waals surface area (Å²) in [6.45, 7) is 3.28. The quantitative estimate of drug-likeness (QED) is 0.381. The van der Waals surface area contributed by atoms with Crippen LogP contribution in [0.3, 0.4) is 0 Å². The number of carbonyl (C=O) groups excluding carboxylic acids is 1. The van der Waals surface area contributed by atoms with Crippen LogP contribution in [0.25, 0.3) is 0 Å². The second-order valence-corrected chi connectivity index (χ2v) is 7.98. The molecule has 2 aromatic rings. The van der Waals surface area contributed by atoms with Gasteiger partial charge in [-0.15, -0.1) is 0 Å². The Morgan fingerprint density at radius 2 is 2.00 bits per heavy atom. The van der Waals surface area contributed by atoms with Gasteiger partial charge in [0.15, 0.2) is 17.7 Å². The second kappa shape index (κ2) is 10.2. The number of hydrogen-bond acceptors (Lipinski definition) is 9. The van der Waals surface area contributed by atoms with Crippen molar-refractivity contribution < 1.29 is 27.4 Å². The fourth-order valence-corrected chi connectivity index (χ4v) is 3.52. The zero-order chi connectivity index (χ0) is 25.0. The van der Waals surface area contributed by atoms with Crippen LogP contribution in [0.4, 0.5) is 30.5 Å². The van der Waals surface area contributed by atoms with Crippen LogP contribution in [0.2, 0.25) is 0 Å². The molecule has 0 bridgehead atoms. The third-order valence-electron chi connectivity index (χ3n) is 5.31. The number of amides is 1. The number of aromatic nitrogens is 2. The Kier molecular flexibility index (Phi) is 7.54. The molecule has 1 aromatic carbocycles. The summed E-state index contributed by atoms with van der Waals surface area (Å²) in [7, 11) is 1.55. The van der Waals surface area contributed by atoms with E-state index in [-0.39, 0.29) is 35.8 Å². The molecule has 13 heteroatoms. The number of halogens is 3. The Hall–Kier alpha value is -3.48. The van der Waals surface area contributed by atoms with Crippen molar-refractivity contribution in [1.29, 1.82) is 0 Å². The molecule has 2 heterocycles. The maximum atomic E-state index is 13.1. The number of nitrogens with two attached hydrogens (primary N) is 2. The van der Waals surface area contributed by atoms with Crippen LogP contribution in [0.5, 0.6) is 11.8 Å². The van der Waals surface area contributed by atoms with Crippen molar-refractivity contribution in [3.63, 3.8) is 0 Å². The summed E-state index contributed by atoms with van der Waals surface area (Å²) in [4.78, 5) is 21.4. The average Bonchev–Trinajstić information content (AvgIpc) is 3.22. The Labute approximate surface area is 195 Å². The number of hydrazine groups is 1. The molecule has 0 spiro atoms. The SMILES string of the molecule is COc1ccc(CN(N)c2nc(O[C@@H](C)C(F)(F)F)nc(N3CC[C@H](NC(C)=O)C3)c2N)cc1. The summed E-state index contributed by atoms with van der Waals surface area (Å²) < 4.78 is 49.4. The molecule has 0 unspecified atom stereocenters. The van der Waals surface area contributed by atoms with E-state index in [1.807, 2.05) is 0 Å². The first-order valence-corrected chi connectivity index (χ1v) is 10.6. The third kappa shape index (κ3) is 6.10. The van der Waals surface area contributed by atoms with Gasteiger partial charge in [-0.1, -0.05) is 12.1 Å². The van der Waals surface area contributed by atoms with E-state index < -0.39 is 18.3 Å². The molecule has 3 rings (SSSR count). The minimum Gasteiger partial charge on any atom is -0.497 e. The van der Waals surface area contributed by atoms with Gasteiger partial charge in [0, 0.05) is 26.1 Å². The predicted octanol–water partition coefficient (Wildman–Crippen LogP) is 1.99. The molecule has 1 amide bonds. The summed E-state index contributed by atoms with van der Waals surface area (Å²) in [6.07, 6.45) is -6.14. The first-order valence-electron chi connectivity index (χ1n) is 10.6. The number of alkyl halides is 3. The van der Waals surface area contributed by atoms with Crippen LogP contribution in [0.15, 0.2) is 24.3 Å². The van der Waals surface area contributed by atoms with E-state index in [2.05, 4.69) is 15.3 Å². The summed E-state index contributed by atoms with van der Waals surface area (Å²) in [6, 6.07) is 6.43. The molecule has 0 radical (unpaired) electrons. The van der Waals surface area contributed by atoms with Gasteiger partial charge < -0.3 is 25.4 Å². The molecular weight excluding hydrogens is 455 g/mol. The normalized spacial score (nSPS) is 16.8. The van der Waals surface area contributed by atoms with Gasteiger partial charge in [-0.2, -0.15) is 23.1 Å². The number of ether oxygens (including phenoxy) is 2. The molecule has 0 aliphatic carbocycles. The maximum Gasteiger partial charge on any atom is 0.425 e. The van der Waals surface area contributed by atoms with E-state index in [9.17, 15) is 18.0 Å². The summed E-state index contributed by atoms with van der Waals surface area (Å²) in [5, 5.41) is 4.03. The zero-order valence-corrected chi connectivity index (χ0v) is 19.1. The zero-order valence-electron chi connectivity index (χ0n) is 19.1. The Morgan fingerprint density at radius 3 is 2.59 bits per heavy atom. The van der Waals surface area contributed by atoms with E-state index in [0.29, 0.717) is 25.3 Å². The highest BCUT2D eigenvalue weighted by Gasteiger charge is 2.39. The van der Waals surface area contributed by atoms with Crippen LogP contribution in [0, 0.1) is 0 Å². The van der Waals surface area contributed by atoms with Crippen LogP contribution < -0.4 is 36.3 Å². The minimum absolute atomic E-state index is 0.0215. The largest absolute Gasteiger partial charge is 0.497 e. The number of nitrogens with zero attached hydrogens (tertiary/aromatic N) is 4. The third-order valence-corrected chi connectivity index (χ3v) is 5.31. The smallest absolute Gasteiger partial charge is 0.425 e. The number of methoxy groups -OCH3 is 1. The van der Waals surface area contributed by atoms with Crippen molar-refractivity contribution >= 4 is 23.2 Å². The van der Waals surface area contributed by atoms with Crippen molar-refractivity contribution in [3.05, 3.63) is 29.8 Å². The van der Waals surface area contributed by atoms with Gasteiger partial charge in [0.2, 0.25) is 5.91 Å². The lowest BCUT2D eigenvalue weighted by atomic mass is 10.2. The number of rotatable bonds is 8. The number of benzene rings is 1. The number of anilines is 3. The first-order chi connectivity index (χ1) is 16.0. The van der Waals surface area contributed by atoms with Crippen LogP contribution in [-0.2, 0) is 11.3 Å². The minimum atomic E-state index is -4.61. The van der Waals surface area contributed by atoms with Gasteiger partial charge in [-0.3, -0.25) is 9.80 Å². The van der Waals surface area contributed by atoms with E-state index in [1.54, 1.807) is 36.3 Å². The molecule has 1 saturated heterocycles. The molecule has 1 aliphatic rings. The lowest BCUT2D eigenvalue weighted by Gasteiger charge is -2.26. The molecule has 186 valence electrons. The molecule has 1 fully saturated rings. The molecule has 1 aromatic heterocycles. The lowest BCUT2D eigenvalue weighted by molar-refractivity contribution is -0.190. The number of nitrogens with one attached hydrogen (secondary N) is 1. The number of hydrogen-bond donors (Lipinski definition) is 3. The van der Waals surface area contributed by atoms with Crippen molar-refractivity contribution in [2.45, 2.75) is 45.1 Å². The Bertz CT molecular complexity index is 1000. The second-order valence-electron chi connectivity index (χ2n) is 7.98. The fraction of sp³-hybridized carbons (Fsp3) is 0.476. The van der Waals surface area contributed by atoms with Crippen molar-refractivity contribution in [2.75, 3.05) is 35.8 Å². The molecule has 0 saturated carbocycles. The molecule has 5 N–H and O–H groups in total. The lowest BCUT2D eigenvalue weighted by Crippen LogP contribution is -2.37. The Morgan fingerprint density at radius 1 is 1.32 bits per heavy atom. The van der Waals surface area contributed by atoms with Crippen LogP contribution >= 0.6 is 0 Å². The highest BCUT2D eigenvalue weighted by atomic mass is 19.4. The topological polar surface area (TPSA) is 132 Å². The molecule has 10 nitrogen and oxygen atoms in total. The fourth-order valence-electron chi connectivity index (χ4n) is 3.52. The van der Waals surface area contributed by atoms with Gasteiger partial charge in [0.05, 0.1) is 13.7 Å². The van der Waals surface area contributed by atoms with Gasteiger partial charge in [-0.05, 0) is 31.0 Å². The van der Waals surface area contributed by atoms with Gasteiger partial charge in [-0.25, -0.2) is 5.84 Å². The average molecular weight is 483 g/mol.